The Morgan fingerprint density at radius 1 is 1.37 bits per heavy atom. The van der Waals surface area contributed by atoms with Crippen LogP contribution in [0.25, 0.3) is 0 Å². The topological polar surface area (TPSA) is 87.5 Å². The molecule has 3 amide bonds. The van der Waals surface area contributed by atoms with Crippen molar-refractivity contribution in [1.82, 2.24) is 10.2 Å². The van der Waals surface area contributed by atoms with Gasteiger partial charge in [-0.25, -0.2) is 4.79 Å². The lowest BCUT2D eigenvalue weighted by atomic mass is 10.1. The number of hydrogen-bond donors (Lipinski definition) is 3. The van der Waals surface area contributed by atoms with Crippen LogP contribution in [0.4, 0.5) is 10.5 Å². The van der Waals surface area contributed by atoms with E-state index >= 15 is 0 Å². The number of carbonyl (C=O) groups is 2. The van der Waals surface area contributed by atoms with Crippen LogP contribution in [0.5, 0.6) is 0 Å². The van der Waals surface area contributed by atoms with Crippen molar-refractivity contribution in [1.29, 1.82) is 0 Å². The van der Waals surface area contributed by atoms with Crippen LogP contribution in [0.3, 0.4) is 0 Å². The number of urea groups is 1. The van der Waals surface area contributed by atoms with Gasteiger partial charge in [0, 0.05) is 36.9 Å². The Bertz CT molecular complexity index is 472. The number of anilines is 1. The largest absolute Gasteiger partial charge is 0.351 e. The summed E-state index contributed by atoms with van der Waals surface area (Å²) in [7, 11) is 0. The van der Waals surface area contributed by atoms with E-state index in [4.69, 9.17) is 5.73 Å². The fourth-order valence-electron chi connectivity index (χ4n) is 2.15. The molecule has 0 bridgehead atoms. The van der Waals surface area contributed by atoms with Crippen LogP contribution in [0.15, 0.2) is 24.3 Å². The molecule has 1 fully saturated rings. The van der Waals surface area contributed by atoms with E-state index in [-0.39, 0.29) is 11.9 Å². The molecule has 2 rings (SSSR count). The van der Waals surface area contributed by atoms with Crippen molar-refractivity contribution in [2.24, 2.45) is 5.73 Å². The number of nitrogens with one attached hydrogen (secondary N) is 2. The molecule has 0 saturated carbocycles. The third-order valence-electron chi connectivity index (χ3n) is 3.16. The summed E-state index contributed by atoms with van der Waals surface area (Å²) in [6.07, 6.45) is 0. The van der Waals surface area contributed by atoms with E-state index in [0.717, 1.165) is 13.1 Å². The van der Waals surface area contributed by atoms with Crippen LogP contribution in [-0.4, -0.2) is 42.5 Å². The Kier molecular flexibility index (Phi) is 4.01. The van der Waals surface area contributed by atoms with Crippen molar-refractivity contribution in [3.63, 3.8) is 0 Å². The van der Waals surface area contributed by atoms with E-state index in [2.05, 4.69) is 10.6 Å². The van der Waals surface area contributed by atoms with E-state index in [1.54, 1.807) is 24.3 Å². The molecule has 1 atom stereocenters. The van der Waals surface area contributed by atoms with E-state index in [1.807, 2.05) is 11.8 Å². The number of rotatable bonds is 2. The number of nitrogens with two attached hydrogens (primary N) is 1. The lowest BCUT2D eigenvalue weighted by Crippen LogP contribution is -2.52. The predicted octanol–water partition coefficient (Wildman–Crippen LogP) is 0.611. The zero-order chi connectivity index (χ0) is 13.8. The number of nitrogens with zero attached hydrogens (tertiary/aromatic N) is 1. The molecule has 0 aliphatic carbocycles. The first kappa shape index (κ1) is 13.4. The normalized spacial score (nSPS) is 19.0. The molecule has 4 N–H and O–H groups in total. The van der Waals surface area contributed by atoms with Gasteiger partial charge in [-0.1, -0.05) is 0 Å². The van der Waals surface area contributed by atoms with Crippen molar-refractivity contribution in [3.05, 3.63) is 29.8 Å². The Morgan fingerprint density at radius 2 is 2.05 bits per heavy atom. The summed E-state index contributed by atoms with van der Waals surface area (Å²) in [5.74, 6) is 0.0135. The van der Waals surface area contributed by atoms with Gasteiger partial charge in [-0.05, 0) is 31.2 Å². The van der Waals surface area contributed by atoms with Crippen LogP contribution in [0.2, 0.25) is 0 Å². The summed E-state index contributed by atoms with van der Waals surface area (Å²) in [4.78, 5) is 24.9. The number of carbonyl (C=O) groups excluding carboxylic acids is 2. The molecule has 6 nitrogen and oxygen atoms in total. The lowest BCUT2D eigenvalue weighted by Gasteiger charge is -2.34. The molecular formula is C13H18N4O2. The maximum Gasteiger partial charge on any atom is 0.316 e. The SMILES string of the molecule is CC1CNCCN1C(=O)c1ccc(NC(N)=O)cc1. The number of benzene rings is 1. The van der Waals surface area contributed by atoms with Gasteiger partial charge in [0.25, 0.3) is 5.91 Å². The van der Waals surface area contributed by atoms with Gasteiger partial charge in [-0.15, -0.1) is 0 Å². The molecule has 0 aromatic heterocycles. The maximum atomic E-state index is 12.3. The fraction of sp³-hybridized carbons (Fsp3) is 0.385. The van der Waals surface area contributed by atoms with Crippen molar-refractivity contribution in [2.75, 3.05) is 25.0 Å². The summed E-state index contributed by atoms with van der Waals surface area (Å²) in [6, 6.07) is 6.31. The highest BCUT2D eigenvalue weighted by Crippen LogP contribution is 2.13. The summed E-state index contributed by atoms with van der Waals surface area (Å²) >= 11 is 0. The maximum absolute atomic E-state index is 12.3. The van der Waals surface area contributed by atoms with Crippen molar-refractivity contribution >= 4 is 17.6 Å². The lowest BCUT2D eigenvalue weighted by molar-refractivity contribution is 0.0656. The van der Waals surface area contributed by atoms with Gasteiger partial charge in [0.2, 0.25) is 0 Å². The smallest absolute Gasteiger partial charge is 0.316 e. The minimum absolute atomic E-state index is 0.0135. The van der Waals surface area contributed by atoms with E-state index in [0.29, 0.717) is 17.8 Å². The highest BCUT2D eigenvalue weighted by Gasteiger charge is 2.23. The zero-order valence-corrected chi connectivity index (χ0v) is 10.8. The first-order chi connectivity index (χ1) is 9.08. The molecule has 1 saturated heterocycles. The quantitative estimate of drug-likeness (QED) is 0.729. The summed E-state index contributed by atoms with van der Waals surface area (Å²) < 4.78 is 0. The monoisotopic (exact) mass is 262 g/mol. The van der Waals surface area contributed by atoms with Gasteiger partial charge in [0.1, 0.15) is 0 Å². The molecule has 1 aliphatic heterocycles. The first-order valence-electron chi connectivity index (χ1n) is 6.26. The molecule has 6 heteroatoms. The van der Waals surface area contributed by atoms with Crippen LogP contribution in [0.1, 0.15) is 17.3 Å². The fourth-order valence-corrected chi connectivity index (χ4v) is 2.15. The number of amides is 3. The molecule has 1 aromatic rings. The summed E-state index contributed by atoms with van der Waals surface area (Å²) in [6.45, 7) is 4.36. The van der Waals surface area contributed by atoms with Gasteiger partial charge in [0.05, 0.1) is 0 Å². The van der Waals surface area contributed by atoms with Crippen LogP contribution in [0, 0.1) is 0 Å². The minimum atomic E-state index is -0.616. The minimum Gasteiger partial charge on any atom is -0.351 e. The molecule has 19 heavy (non-hydrogen) atoms. The summed E-state index contributed by atoms with van der Waals surface area (Å²) in [5, 5.41) is 5.71. The molecular weight excluding hydrogens is 244 g/mol. The molecule has 1 heterocycles. The average Bonchev–Trinajstić information content (AvgIpc) is 2.39. The Balaban J connectivity index is 2.08. The van der Waals surface area contributed by atoms with Gasteiger partial charge in [0.15, 0.2) is 0 Å². The molecule has 1 aliphatic rings. The van der Waals surface area contributed by atoms with Crippen molar-refractivity contribution in [3.8, 4) is 0 Å². The molecule has 1 aromatic carbocycles. The predicted molar refractivity (Wildman–Crippen MR) is 73.0 cm³/mol. The van der Waals surface area contributed by atoms with Gasteiger partial charge >= 0.3 is 6.03 Å². The second kappa shape index (κ2) is 5.71. The second-order valence-corrected chi connectivity index (χ2v) is 4.62. The molecule has 102 valence electrons. The Hall–Kier alpha value is -2.08. The van der Waals surface area contributed by atoms with Crippen molar-refractivity contribution < 1.29 is 9.59 Å². The standard InChI is InChI=1S/C13H18N4O2/c1-9-8-15-6-7-17(9)12(18)10-2-4-11(5-3-10)16-13(14)19/h2-5,9,15H,6-8H2,1H3,(H3,14,16,19). The summed E-state index contributed by atoms with van der Waals surface area (Å²) in [5.41, 5.74) is 6.22. The van der Waals surface area contributed by atoms with Crippen molar-refractivity contribution in [2.45, 2.75) is 13.0 Å². The Morgan fingerprint density at radius 3 is 2.63 bits per heavy atom. The van der Waals surface area contributed by atoms with Crippen LogP contribution >= 0.6 is 0 Å². The molecule has 0 radical (unpaired) electrons. The van der Waals surface area contributed by atoms with E-state index in [1.165, 1.54) is 0 Å². The Labute approximate surface area is 112 Å². The van der Waals surface area contributed by atoms with E-state index < -0.39 is 6.03 Å². The molecule has 0 spiro atoms. The molecule has 1 unspecified atom stereocenters. The van der Waals surface area contributed by atoms with Gasteiger partial charge in [-0.2, -0.15) is 0 Å². The highest BCUT2D eigenvalue weighted by atomic mass is 16.2. The second-order valence-electron chi connectivity index (χ2n) is 4.62. The highest BCUT2D eigenvalue weighted by molar-refractivity contribution is 5.95. The zero-order valence-electron chi connectivity index (χ0n) is 10.8. The first-order valence-corrected chi connectivity index (χ1v) is 6.26. The van der Waals surface area contributed by atoms with Gasteiger partial charge in [-0.3, -0.25) is 4.79 Å². The van der Waals surface area contributed by atoms with E-state index in [9.17, 15) is 9.59 Å². The average molecular weight is 262 g/mol. The van der Waals surface area contributed by atoms with Gasteiger partial charge < -0.3 is 21.3 Å². The number of piperazine rings is 1. The number of hydrogen-bond acceptors (Lipinski definition) is 3. The third kappa shape index (κ3) is 3.23. The number of primary amides is 1. The van der Waals surface area contributed by atoms with Crippen LogP contribution in [-0.2, 0) is 0 Å². The third-order valence-corrected chi connectivity index (χ3v) is 3.16. The van der Waals surface area contributed by atoms with Crippen LogP contribution < -0.4 is 16.4 Å².